The lowest BCUT2D eigenvalue weighted by Gasteiger charge is -2.14. The molecule has 4 rings (SSSR count). The molecule has 0 saturated heterocycles. The van der Waals surface area contributed by atoms with E-state index < -0.39 is 0 Å². The van der Waals surface area contributed by atoms with E-state index in [1.54, 1.807) is 16.5 Å². The highest BCUT2D eigenvalue weighted by atomic mass is 14.2. The Hall–Kier alpha value is -1.56. The summed E-state index contributed by atoms with van der Waals surface area (Å²) in [6.45, 7) is 0. The third-order valence-corrected chi connectivity index (χ3v) is 3.75. The molecule has 2 aromatic carbocycles. The summed E-state index contributed by atoms with van der Waals surface area (Å²) < 4.78 is 0. The molecule has 0 amide bonds. The Morgan fingerprint density at radius 1 is 0.733 bits per heavy atom. The van der Waals surface area contributed by atoms with Crippen LogP contribution in [0.5, 0.6) is 0 Å². The monoisotopic (exact) mass is 192 g/mol. The van der Waals surface area contributed by atoms with Gasteiger partial charge < -0.3 is 0 Å². The van der Waals surface area contributed by atoms with Crippen molar-refractivity contribution in [1.82, 2.24) is 0 Å². The van der Waals surface area contributed by atoms with E-state index in [2.05, 4.69) is 36.4 Å². The summed E-state index contributed by atoms with van der Waals surface area (Å²) in [6, 6.07) is 9.25. The van der Waals surface area contributed by atoms with Gasteiger partial charge in [0.15, 0.2) is 0 Å². The number of aryl methyl sites for hydroxylation is 2. The third-order valence-electron chi connectivity index (χ3n) is 3.75. The van der Waals surface area contributed by atoms with Gasteiger partial charge in [-0.25, -0.2) is 0 Å². The molecule has 0 heteroatoms. The molecule has 0 fully saturated rings. The number of allylic oxidation sites excluding steroid dienone is 1. The molecule has 72 valence electrons. The smallest absolute Gasteiger partial charge is 0.00707 e. The molecule has 0 nitrogen and oxygen atoms in total. The zero-order valence-corrected chi connectivity index (χ0v) is 8.59. The maximum absolute atomic E-state index is 2.33. The lowest BCUT2D eigenvalue weighted by Crippen LogP contribution is -1.94. The molecular formula is C15H12. The van der Waals surface area contributed by atoms with Crippen LogP contribution in [-0.4, -0.2) is 0 Å². The summed E-state index contributed by atoms with van der Waals surface area (Å²) >= 11 is 0. The molecule has 0 aliphatic heterocycles. The Kier molecular flexibility index (Phi) is 1.29. The van der Waals surface area contributed by atoms with E-state index in [0.717, 1.165) is 6.42 Å². The molecule has 2 aromatic rings. The molecule has 0 saturated carbocycles. The molecular weight excluding hydrogens is 180 g/mol. The largest absolute Gasteiger partial charge is 0.0795 e. The number of hydrogen-bond acceptors (Lipinski definition) is 0. The molecule has 0 aromatic heterocycles. The minimum atomic E-state index is 1.10. The second-order valence-corrected chi connectivity index (χ2v) is 4.55. The Bertz CT molecular complexity index is 593. The summed E-state index contributed by atoms with van der Waals surface area (Å²) in [7, 11) is 0. The fraction of sp³-hybridized carbons (Fsp3) is 0.200. The molecule has 0 bridgehead atoms. The van der Waals surface area contributed by atoms with E-state index in [0.29, 0.717) is 0 Å². The van der Waals surface area contributed by atoms with Crippen LogP contribution in [0.25, 0.3) is 16.8 Å². The Morgan fingerprint density at radius 3 is 2.33 bits per heavy atom. The average molecular weight is 192 g/mol. The van der Waals surface area contributed by atoms with Gasteiger partial charge in [0.25, 0.3) is 0 Å². The van der Waals surface area contributed by atoms with Crippen LogP contribution in [0.15, 0.2) is 30.3 Å². The summed E-state index contributed by atoms with van der Waals surface area (Å²) in [5.74, 6) is 0. The van der Waals surface area contributed by atoms with E-state index in [1.165, 1.54) is 29.4 Å². The van der Waals surface area contributed by atoms with Crippen molar-refractivity contribution in [2.75, 3.05) is 0 Å². The van der Waals surface area contributed by atoms with Gasteiger partial charge in [0.05, 0.1) is 0 Å². The van der Waals surface area contributed by atoms with E-state index >= 15 is 0 Å². The van der Waals surface area contributed by atoms with E-state index in [4.69, 9.17) is 0 Å². The molecule has 0 radical (unpaired) electrons. The highest BCUT2D eigenvalue weighted by Crippen LogP contribution is 2.37. The van der Waals surface area contributed by atoms with Crippen molar-refractivity contribution in [3.05, 3.63) is 52.6 Å². The van der Waals surface area contributed by atoms with Gasteiger partial charge in [0.1, 0.15) is 0 Å². The highest BCUT2D eigenvalue weighted by Gasteiger charge is 2.18. The van der Waals surface area contributed by atoms with Gasteiger partial charge in [-0.15, -0.1) is 0 Å². The number of hydrogen-bond donors (Lipinski definition) is 0. The molecule has 0 unspecified atom stereocenters. The maximum Gasteiger partial charge on any atom is -0.00707 e. The fourth-order valence-electron chi connectivity index (χ4n) is 3.05. The summed E-state index contributed by atoms with van der Waals surface area (Å²) in [5.41, 5.74) is 6.04. The minimum absolute atomic E-state index is 1.10. The second kappa shape index (κ2) is 2.52. The summed E-state index contributed by atoms with van der Waals surface area (Å²) in [4.78, 5) is 0. The van der Waals surface area contributed by atoms with Crippen molar-refractivity contribution in [2.45, 2.75) is 19.3 Å². The van der Waals surface area contributed by atoms with Crippen LogP contribution in [0, 0.1) is 0 Å². The van der Waals surface area contributed by atoms with Crippen LogP contribution in [0.4, 0.5) is 0 Å². The number of benzene rings is 2. The van der Waals surface area contributed by atoms with Crippen molar-refractivity contribution < 1.29 is 0 Å². The first kappa shape index (κ1) is 7.70. The topological polar surface area (TPSA) is 0 Å². The Balaban J connectivity index is 2.31. The summed E-state index contributed by atoms with van der Waals surface area (Å²) in [5, 5.41) is 3.10. The normalized spacial score (nSPS) is 16.3. The fourth-order valence-corrected chi connectivity index (χ4v) is 3.05. The van der Waals surface area contributed by atoms with Gasteiger partial charge in [-0.05, 0) is 52.3 Å². The van der Waals surface area contributed by atoms with Gasteiger partial charge in [-0.3, -0.25) is 0 Å². The third kappa shape index (κ3) is 0.872. The zero-order chi connectivity index (χ0) is 9.83. The lowest BCUT2D eigenvalue weighted by atomic mass is 9.91. The van der Waals surface area contributed by atoms with E-state index in [1.807, 2.05) is 0 Å². The average Bonchev–Trinajstić information content (AvgIpc) is 2.71. The molecule has 0 atom stereocenters. The first-order valence-electron chi connectivity index (χ1n) is 5.66. The predicted molar refractivity (Wildman–Crippen MR) is 64.1 cm³/mol. The van der Waals surface area contributed by atoms with Crippen LogP contribution in [0.1, 0.15) is 22.3 Å². The standard InChI is InChI=1S/C15H12/c1-2-10-4-6-12-8-9-13-7-5-11(3-1)14(10)15(12)13/h1-2,4-7H,3,8-9H2. The quantitative estimate of drug-likeness (QED) is 0.599. The molecule has 2 aliphatic carbocycles. The highest BCUT2D eigenvalue weighted by molar-refractivity contribution is 6.00. The molecule has 0 N–H and O–H groups in total. The van der Waals surface area contributed by atoms with Crippen molar-refractivity contribution >= 4 is 16.8 Å². The zero-order valence-electron chi connectivity index (χ0n) is 8.59. The van der Waals surface area contributed by atoms with Gasteiger partial charge in [-0.1, -0.05) is 36.4 Å². The second-order valence-electron chi connectivity index (χ2n) is 4.55. The van der Waals surface area contributed by atoms with Crippen LogP contribution < -0.4 is 0 Å². The molecule has 2 aliphatic rings. The predicted octanol–water partition coefficient (Wildman–Crippen LogP) is 3.51. The SMILES string of the molecule is C1=Cc2ccc3c4c(ccc(c24)C1)CC3. The van der Waals surface area contributed by atoms with Crippen LogP contribution in [-0.2, 0) is 19.3 Å². The molecule has 0 spiro atoms. The van der Waals surface area contributed by atoms with Gasteiger partial charge >= 0.3 is 0 Å². The Labute approximate surface area is 89.2 Å². The lowest BCUT2D eigenvalue weighted by molar-refractivity contribution is 1.02. The molecule has 15 heavy (non-hydrogen) atoms. The minimum Gasteiger partial charge on any atom is -0.0795 e. The van der Waals surface area contributed by atoms with Gasteiger partial charge in [-0.2, -0.15) is 0 Å². The van der Waals surface area contributed by atoms with Crippen LogP contribution in [0.2, 0.25) is 0 Å². The van der Waals surface area contributed by atoms with Crippen molar-refractivity contribution in [3.8, 4) is 0 Å². The van der Waals surface area contributed by atoms with Crippen molar-refractivity contribution in [2.24, 2.45) is 0 Å². The van der Waals surface area contributed by atoms with Crippen molar-refractivity contribution in [3.63, 3.8) is 0 Å². The summed E-state index contributed by atoms with van der Waals surface area (Å²) in [6.07, 6.45) is 8.12. The van der Waals surface area contributed by atoms with E-state index in [-0.39, 0.29) is 0 Å². The van der Waals surface area contributed by atoms with Gasteiger partial charge in [0, 0.05) is 0 Å². The maximum atomic E-state index is 2.33. The van der Waals surface area contributed by atoms with Crippen LogP contribution in [0.3, 0.4) is 0 Å². The van der Waals surface area contributed by atoms with Crippen LogP contribution >= 0.6 is 0 Å². The van der Waals surface area contributed by atoms with Crippen molar-refractivity contribution in [1.29, 1.82) is 0 Å². The van der Waals surface area contributed by atoms with E-state index in [9.17, 15) is 0 Å². The molecule has 0 heterocycles. The first-order chi connectivity index (χ1) is 7.43. The van der Waals surface area contributed by atoms with Gasteiger partial charge in [0.2, 0.25) is 0 Å². The first-order valence-corrected chi connectivity index (χ1v) is 5.66. The Morgan fingerprint density at radius 2 is 1.47 bits per heavy atom. The number of rotatable bonds is 0.